The summed E-state index contributed by atoms with van der Waals surface area (Å²) in [7, 11) is 0. The van der Waals surface area contributed by atoms with Crippen LogP contribution in [0.2, 0.25) is 0 Å². The first-order valence-corrected chi connectivity index (χ1v) is 11.0. The summed E-state index contributed by atoms with van der Waals surface area (Å²) in [5, 5.41) is 5.99. The molecule has 2 amide bonds. The zero-order valence-corrected chi connectivity index (χ0v) is 17.8. The maximum absolute atomic E-state index is 12.7. The molecule has 4 heterocycles. The molecule has 2 saturated heterocycles. The Kier molecular flexibility index (Phi) is 6.88. The van der Waals surface area contributed by atoms with Crippen molar-refractivity contribution in [1.82, 2.24) is 20.5 Å². The summed E-state index contributed by atoms with van der Waals surface area (Å²) in [6.45, 7) is 3.68. The molecule has 1 atom stereocenters. The fourth-order valence-electron chi connectivity index (χ4n) is 4.36. The molecular weight excluding hydrogens is 423 g/mol. The van der Waals surface area contributed by atoms with Gasteiger partial charge in [-0.15, -0.1) is 0 Å². The quantitative estimate of drug-likeness (QED) is 0.699. The molecule has 10 heteroatoms. The van der Waals surface area contributed by atoms with Crippen LogP contribution < -0.4 is 15.5 Å². The lowest BCUT2D eigenvalue weighted by molar-refractivity contribution is -0.137. The van der Waals surface area contributed by atoms with E-state index in [2.05, 4.69) is 20.5 Å². The molecule has 0 radical (unpaired) electrons. The predicted molar refractivity (Wildman–Crippen MR) is 113 cm³/mol. The minimum Gasteiger partial charge on any atom is -0.468 e. The predicted octanol–water partition coefficient (Wildman–Crippen LogP) is 3.80. The zero-order valence-electron chi connectivity index (χ0n) is 17.8. The van der Waals surface area contributed by atoms with Gasteiger partial charge >= 0.3 is 12.2 Å². The van der Waals surface area contributed by atoms with Crippen molar-refractivity contribution in [2.45, 2.75) is 43.9 Å². The van der Waals surface area contributed by atoms with Gasteiger partial charge in [0.1, 0.15) is 11.6 Å². The van der Waals surface area contributed by atoms with Crippen molar-refractivity contribution in [1.29, 1.82) is 0 Å². The number of likely N-dealkylation sites (tertiary alicyclic amines) is 1. The number of rotatable bonds is 6. The van der Waals surface area contributed by atoms with Crippen LogP contribution in [0.3, 0.4) is 0 Å². The third-order valence-corrected chi connectivity index (χ3v) is 6.14. The van der Waals surface area contributed by atoms with Crippen molar-refractivity contribution >= 4 is 11.8 Å². The van der Waals surface area contributed by atoms with Gasteiger partial charge in [0, 0.05) is 31.9 Å². The number of hydrogen-bond acceptors (Lipinski definition) is 5. The number of halogens is 3. The first kappa shape index (κ1) is 22.4. The molecule has 4 rings (SSSR count). The van der Waals surface area contributed by atoms with Crippen molar-refractivity contribution in [2.24, 2.45) is 0 Å². The highest BCUT2D eigenvalue weighted by Gasteiger charge is 2.31. The minimum atomic E-state index is -4.39. The number of pyridine rings is 1. The lowest BCUT2D eigenvalue weighted by Gasteiger charge is -2.33. The highest BCUT2D eigenvalue weighted by Crippen LogP contribution is 2.30. The molecular formula is C22H28F3N5O2. The molecule has 0 saturated carbocycles. The van der Waals surface area contributed by atoms with Gasteiger partial charge in [-0.1, -0.05) is 0 Å². The maximum Gasteiger partial charge on any atom is 0.417 e. The van der Waals surface area contributed by atoms with Crippen molar-refractivity contribution < 1.29 is 22.4 Å². The number of carbonyl (C=O) groups excluding carboxylic acids is 1. The number of furan rings is 1. The van der Waals surface area contributed by atoms with Gasteiger partial charge < -0.3 is 20.0 Å². The minimum absolute atomic E-state index is 0.00884. The number of amides is 2. The number of anilines is 1. The number of hydrogen-bond donors (Lipinski definition) is 2. The molecule has 0 aromatic carbocycles. The van der Waals surface area contributed by atoms with Crippen LogP contribution in [-0.4, -0.2) is 54.7 Å². The highest BCUT2D eigenvalue weighted by molar-refractivity contribution is 5.74. The number of carbonyl (C=O) groups is 1. The Morgan fingerprint density at radius 3 is 2.50 bits per heavy atom. The molecule has 174 valence electrons. The lowest BCUT2D eigenvalue weighted by atomic mass is 10.1. The van der Waals surface area contributed by atoms with Crippen LogP contribution in [0.25, 0.3) is 0 Å². The van der Waals surface area contributed by atoms with E-state index in [1.807, 2.05) is 17.0 Å². The largest absolute Gasteiger partial charge is 0.468 e. The smallest absolute Gasteiger partial charge is 0.417 e. The third-order valence-electron chi connectivity index (χ3n) is 6.14. The van der Waals surface area contributed by atoms with E-state index < -0.39 is 11.7 Å². The second-order valence-electron chi connectivity index (χ2n) is 8.29. The molecule has 2 aliphatic heterocycles. The van der Waals surface area contributed by atoms with E-state index in [9.17, 15) is 18.0 Å². The molecule has 0 spiro atoms. The van der Waals surface area contributed by atoms with Crippen LogP contribution in [0.15, 0.2) is 41.1 Å². The molecule has 1 unspecified atom stereocenters. The number of aromatic nitrogens is 1. The van der Waals surface area contributed by atoms with E-state index in [1.54, 1.807) is 6.26 Å². The fraction of sp³-hybridized carbons (Fsp3) is 0.545. The van der Waals surface area contributed by atoms with Gasteiger partial charge in [-0.3, -0.25) is 4.90 Å². The topological polar surface area (TPSA) is 73.6 Å². The van der Waals surface area contributed by atoms with Gasteiger partial charge in [-0.2, -0.15) is 13.2 Å². The third kappa shape index (κ3) is 5.53. The lowest BCUT2D eigenvalue weighted by Crippen LogP contribution is -2.49. The second-order valence-corrected chi connectivity index (χ2v) is 8.29. The van der Waals surface area contributed by atoms with Crippen LogP contribution in [0.5, 0.6) is 0 Å². The van der Waals surface area contributed by atoms with Crippen molar-refractivity contribution in [3.8, 4) is 0 Å². The Labute approximate surface area is 185 Å². The fourth-order valence-corrected chi connectivity index (χ4v) is 4.36. The molecule has 0 bridgehead atoms. The second kappa shape index (κ2) is 9.81. The van der Waals surface area contributed by atoms with E-state index in [-0.39, 0.29) is 18.1 Å². The average Bonchev–Trinajstić information content (AvgIpc) is 3.49. The number of piperidine rings is 1. The molecule has 7 nitrogen and oxygen atoms in total. The van der Waals surface area contributed by atoms with E-state index in [0.717, 1.165) is 44.0 Å². The summed E-state index contributed by atoms with van der Waals surface area (Å²) in [5.41, 5.74) is -0.753. The van der Waals surface area contributed by atoms with Gasteiger partial charge in [0.05, 0.1) is 17.9 Å². The van der Waals surface area contributed by atoms with Crippen LogP contribution in [-0.2, 0) is 6.18 Å². The maximum atomic E-state index is 12.7. The monoisotopic (exact) mass is 451 g/mol. The molecule has 32 heavy (non-hydrogen) atoms. The molecule has 2 aromatic rings. The first-order valence-electron chi connectivity index (χ1n) is 11.0. The highest BCUT2D eigenvalue weighted by atomic mass is 19.4. The molecule has 2 aliphatic rings. The van der Waals surface area contributed by atoms with Gasteiger partial charge in [-0.05, 0) is 63.0 Å². The van der Waals surface area contributed by atoms with Gasteiger partial charge in [0.15, 0.2) is 0 Å². The van der Waals surface area contributed by atoms with Crippen LogP contribution in [0.1, 0.15) is 43.0 Å². The van der Waals surface area contributed by atoms with E-state index in [0.29, 0.717) is 38.3 Å². The Morgan fingerprint density at radius 2 is 1.91 bits per heavy atom. The van der Waals surface area contributed by atoms with E-state index in [4.69, 9.17) is 4.42 Å². The zero-order chi connectivity index (χ0) is 22.6. The summed E-state index contributed by atoms with van der Waals surface area (Å²) < 4.78 is 43.7. The molecule has 2 fully saturated rings. The summed E-state index contributed by atoms with van der Waals surface area (Å²) >= 11 is 0. The van der Waals surface area contributed by atoms with Gasteiger partial charge in [0.25, 0.3) is 0 Å². The standard InChI is InChI=1S/C22H28F3N5O2/c23-22(24,25)16-5-6-20(26-14-16)30-11-7-17(8-12-30)28-21(31)27-15-18(19-4-3-13-32-19)29-9-1-2-10-29/h3-6,13-14,17-18H,1-2,7-12,15H2,(H2,27,28,31). The summed E-state index contributed by atoms with van der Waals surface area (Å²) in [6.07, 6.45) is 1.82. The van der Waals surface area contributed by atoms with Crippen molar-refractivity contribution in [3.05, 3.63) is 48.0 Å². The summed E-state index contributed by atoms with van der Waals surface area (Å²) in [6, 6.07) is 6.06. The summed E-state index contributed by atoms with van der Waals surface area (Å²) in [4.78, 5) is 20.7. The number of nitrogens with zero attached hydrogens (tertiary/aromatic N) is 3. The summed E-state index contributed by atoms with van der Waals surface area (Å²) in [5.74, 6) is 1.37. The van der Waals surface area contributed by atoms with E-state index in [1.165, 1.54) is 6.07 Å². The van der Waals surface area contributed by atoms with Gasteiger partial charge in [0.2, 0.25) is 0 Å². The Hall–Kier alpha value is -2.75. The Balaban J connectivity index is 1.23. The van der Waals surface area contributed by atoms with Crippen LogP contribution in [0, 0.1) is 0 Å². The van der Waals surface area contributed by atoms with Crippen LogP contribution in [0.4, 0.5) is 23.8 Å². The van der Waals surface area contributed by atoms with E-state index >= 15 is 0 Å². The Bertz CT molecular complexity index is 859. The van der Waals surface area contributed by atoms with Gasteiger partial charge in [-0.25, -0.2) is 9.78 Å². The number of alkyl halides is 3. The Morgan fingerprint density at radius 1 is 1.16 bits per heavy atom. The van der Waals surface area contributed by atoms with Crippen LogP contribution >= 0.6 is 0 Å². The average molecular weight is 451 g/mol. The number of nitrogens with one attached hydrogen (secondary N) is 2. The van der Waals surface area contributed by atoms with Crippen molar-refractivity contribution in [3.63, 3.8) is 0 Å². The molecule has 0 aliphatic carbocycles. The normalized spacial score (nSPS) is 19.2. The molecule has 2 N–H and O–H groups in total. The SMILES string of the molecule is O=C(NCC(c1ccco1)N1CCCC1)NC1CCN(c2ccc(C(F)(F)F)cn2)CC1. The number of urea groups is 1. The van der Waals surface area contributed by atoms with Crippen molar-refractivity contribution in [2.75, 3.05) is 37.6 Å². The first-order chi connectivity index (χ1) is 15.4. The molecule has 2 aromatic heterocycles.